The van der Waals surface area contributed by atoms with Crippen LogP contribution in [0.1, 0.15) is 44.2 Å². The summed E-state index contributed by atoms with van der Waals surface area (Å²) in [5, 5.41) is 24.6. The third-order valence-corrected chi connectivity index (χ3v) is 2.90. The maximum Gasteiger partial charge on any atom is 0.134 e. The van der Waals surface area contributed by atoms with Crippen molar-refractivity contribution in [1.29, 1.82) is 0 Å². The summed E-state index contributed by atoms with van der Waals surface area (Å²) in [6.07, 6.45) is 3.45. The Balaban J connectivity index is 2.94. The number of aryl methyl sites for hydroxylation is 1. The highest BCUT2D eigenvalue weighted by molar-refractivity contribution is 6.48. The molecule has 0 saturated heterocycles. The van der Waals surface area contributed by atoms with Gasteiger partial charge >= 0.3 is 0 Å². The lowest BCUT2D eigenvalue weighted by atomic mass is 10.0. The molecule has 98 valence electrons. The van der Waals surface area contributed by atoms with Gasteiger partial charge in [0.05, 0.1) is 0 Å². The van der Waals surface area contributed by atoms with Crippen LogP contribution in [0.2, 0.25) is 0 Å². The Morgan fingerprint density at radius 3 is 2.17 bits per heavy atom. The van der Waals surface area contributed by atoms with Crippen LogP contribution in [0.25, 0.3) is 0 Å². The van der Waals surface area contributed by atoms with E-state index in [0.29, 0.717) is 17.8 Å². The average molecular weight is 248 g/mol. The van der Waals surface area contributed by atoms with Gasteiger partial charge in [-0.15, -0.1) is 0 Å². The van der Waals surface area contributed by atoms with Crippen LogP contribution < -0.4 is 0 Å². The lowest BCUT2D eigenvalue weighted by Gasteiger charge is -2.07. The number of rotatable bonds is 6. The van der Waals surface area contributed by atoms with Gasteiger partial charge in [-0.1, -0.05) is 54.8 Å². The van der Waals surface area contributed by atoms with Gasteiger partial charge in [0.1, 0.15) is 11.4 Å². The summed E-state index contributed by atoms with van der Waals surface area (Å²) in [4.78, 5) is 0. The standard InChI is InChI=1S/C14H20N2O2/c1-3-5-6-13(15-17)14(16-18)12-9-7-11(4-2)8-10-12/h7-10,17-18H,3-6H2,1-2H3. The molecule has 0 spiro atoms. The van der Waals surface area contributed by atoms with E-state index in [1.165, 1.54) is 5.56 Å². The average Bonchev–Trinajstić information content (AvgIpc) is 2.43. The number of unbranched alkanes of at least 4 members (excludes halogenated alkanes) is 1. The van der Waals surface area contributed by atoms with Crippen LogP contribution in [0, 0.1) is 0 Å². The van der Waals surface area contributed by atoms with Gasteiger partial charge in [-0.25, -0.2) is 0 Å². The first-order valence-corrected chi connectivity index (χ1v) is 6.29. The maximum atomic E-state index is 9.10. The summed E-state index contributed by atoms with van der Waals surface area (Å²) < 4.78 is 0. The number of benzene rings is 1. The molecule has 1 aromatic rings. The molecule has 18 heavy (non-hydrogen) atoms. The predicted molar refractivity (Wildman–Crippen MR) is 72.9 cm³/mol. The summed E-state index contributed by atoms with van der Waals surface area (Å²) in [5.74, 6) is 0. The second kappa shape index (κ2) is 7.48. The third-order valence-electron chi connectivity index (χ3n) is 2.90. The van der Waals surface area contributed by atoms with E-state index in [9.17, 15) is 0 Å². The largest absolute Gasteiger partial charge is 0.411 e. The Labute approximate surface area is 108 Å². The lowest BCUT2D eigenvalue weighted by molar-refractivity contribution is 0.313. The fourth-order valence-corrected chi connectivity index (χ4v) is 1.74. The quantitative estimate of drug-likeness (QED) is 0.460. The summed E-state index contributed by atoms with van der Waals surface area (Å²) in [5.41, 5.74) is 2.74. The van der Waals surface area contributed by atoms with Crippen molar-refractivity contribution in [1.82, 2.24) is 0 Å². The predicted octanol–water partition coefficient (Wildman–Crippen LogP) is 3.45. The molecule has 1 aromatic carbocycles. The summed E-state index contributed by atoms with van der Waals surface area (Å²) in [6.45, 7) is 4.14. The fraction of sp³-hybridized carbons (Fsp3) is 0.429. The lowest BCUT2D eigenvalue weighted by Crippen LogP contribution is -2.16. The second-order valence-electron chi connectivity index (χ2n) is 4.15. The van der Waals surface area contributed by atoms with E-state index in [1.54, 1.807) is 0 Å². The Morgan fingerprint density at radius 1 is 1.06 bits per heavy atom. The molecule has 2 N–H and O–H groups in total. The number of nitrogens with zero attached hydrogens (tertiary/aromatic N) is 2. The van der Waals surface area contributed by atoms with E-state index in [2.05, 4.69) is 24.2 Å². The van der Waals surface area contributed by atoms with Gasteiger partial charge < -0.3 is 10.4 Å². The van der Waals surface area contributed by atoms with E-state index in [1.807, 2.05) is 24.3 Å². The third kappa shape index (κ3) is 3.58. The molecule has 1 rings (SSSR count). The molecule has 0 aliphatic heterocycles. The summed E-state index contributed by atoms with van der Waals surface area (Å²) in [7, 11) is 0. The van der Waals surface area contributed by atoms with Gasteiger partial charge in [0.15, 0.2) is 0 Å². The van der Waals surface area contributed by atoms with Crippen molar-refractivity contribution in [2.75, 3.05) is 0 Å². The van der Waals surface area contributed by atoms with Crippen molar-refractivity contribution >= 4 is 11.4 Å². The van der Waals surface area contributed by atoms with E-state index in [-0.39, 0.29) is 0 Å². The molecular formula is C14H20N2O2. The molecule has 0 unspecified atom stereocenters. The van der Waals surface area contributed by atoms with Crippen LogP contribution in [-0.2, 0) is 6.42 Å². The topological polar surface area (TPSA) is 65.2 Å². The molecule has 0 atom stereocenters. The molecule has 0 fully saturated rings. The van der Waals surface area contributed by atoms with E-state index in [0.717, 1.165) is 24.8 Å². The fourth-order valence-electron chi connectivity index (χ4n) is 1.74. The van der Waals surface area contributed by atoms with Crippen molar-refractivity contribution in [3.63, 3.8) is 0 Å². The van der Waals surface area contributed by atoms with Crippen molar-refractivity contribution in [2.24, 2.45) is 10.3 Å². The Morgan fingerprint density at radius 2 is 1.72 bits per heavy atom. The van der Waals surface area contributed by atoms with E-state index >= 15 is 0 Å². The van der Waals surface area contributed by atoms with Gasteiger partial charge in [-0.3, -0.25) is 0 Å². The van der Waals surface area contributed by atoms with Gasteiger partial charge in [0.2, 0.25) is 0 Å². The minimum atomic E-state index is 0.341. The Kier molecular flexibility index (Phi) is 5.91. The van der Waals surface area contributed by atoms with E-state index in [4.69, 9.17) is 10.4 Å². The zero-order valence-electron chi connectivity index (χ0n) is 10.9. The first-order chi connectivity index (χ1) is 8.76. The minimum Gasteiger partial charge on any atom is -0.411 e. The highest BCUT2D eigenvalue weighted by Crippen LogP contribution is 2.10. The Hall–Kier alpha value is -1.84. The van der Waals surface area contributed by atoms with Gasteiger partial charge in [0.25, 0.3) is 0 Å². The minimum absolute atomic E-state index is 0.341. The molecule has 0 saturated carbocycles. The zero-order chi connectivity index (χ0) is 13.4. The molecule has 0 heterocycles. The highest BCUT2D eigenvalue weighted by atomic mass is 16.4. The normalized spacial score (nSPS) is 12.8. The summed E-state index contributed by atoms with van der Waals surface area (Å²) in [6, 6.07) is 7.72. The van der Waals surface area contributed by atoms with Gasteiger partial charge in [-0.2, -0.15) is 0 Å². The molecule has 0 aliphatic carbocycles. The molecule has 0 radical (unpaired) electrons. The second-order valence-corrected chi connectivity index (χ2v) is 4.15. The monoisotopic (exact) mass is 248 g/mol. The maximum absolute atomic E-state index is 9.10. The van der Waals surface area contributed by atoms with Crippen LogP contribution in [0.3, 0.4) is 0 Å². The zero-order valence-corrected chi connectivity index (χ0v) is 10.9. The SMILES string of the molecule is CCCCC(=NO)C(=NO)c1ccc(CC)cc1. The molecule has 4 nitrogen and oxygen atoms in total. The Bertz CT molecular complexity index is 422. The number of hydrogen-bond acceptors (Lipinski definition) is 4. The van der Waals surface area contributed by atoms with Crippen LogP contribution >= 0.6 is 0 Å². The smallest absolute Gasteiger partial charge is 0.134 e. The van der Waals surface area contributed by atoms with Crippen LogP contribution in [0.5, 0.6) is 0 Å². The van der Waals surface area contributed by atoms with Crippen molar-refractivity contribution < 1.29 is 10.4 Å². The molecule has 0 aliphatic rings. The highest BCUT2D eigenvalue weighted by Gasteiger charge is 2.13. The first-order valence-electron chi connectivity index (χ1n) is 6.29. The number of hydrogen-bond donors (Lipinski definition) is 2. The van der Waals surface area contributed by atoms with Crippen molar-refractivity contribution in [2.45, 2.75) is 39.5 Å². The van der Waals surface area contributed by atoms with Gasteiger partial charge in [0, 0.05) is 5.56 Å². The molecule has 4 heteroatoms. The van der Waals surface area contributed by atoms with Gasteiger partial charge in [-0.05, 0) is 24.8 Å². The van der Waals surface area contributed by atoms with E-state index < -0.39 is 0 Å². The van der Waals surface area contributed by atoms with Crippen LogP contribution in [0.4, 0.5) is 0 Å². The first kappa shape index (κ1) is 14.2. The molecule has 0 amide bonds. The molecular weight excluding hydrogens is 228 g/mol. The van der Waals surface area contributed by atoms with Crippen molar-refractivity contribution in [3.8, 4) is 0 Å². The molecule has 0 bridgehead atoms. The number of oxime groups is 2. The van der Waals surface area contributed by atoms with Crippen LogP contribution in [0.15, 0.2) is 34.6 Å². The van der Waals surface area contributed by atoms with Crippen molar-refractivity contribution in [3.05, 3.63) is 35.4 Å². The molecule has 0 aromatic heterocycles. The summed E-state index contributed by atoms with van der Waals surface area (Å²) >= 11 is 0. The van der Waals surface area contributed by atoms with Crippen LogP contribution in [-0.4, -0.2) is 21.8 Å².